The lowest BCUT2D eigenvalue weighted by Gasteiger charge is -1.96. The van der Waals surface area contributed by atoms with Crippen molar-refractivity contribution in [1.29, 1.82) is 0 Å². The van der Waals surface area contributed by atoms with Crippen molar-refractivity contribution < 1.29 is 17.9 Å². The highest BCUT2D eigenvalue weighted by Crippen LogP contribution is 2.11. The van der Waals surface area contributed by atoms with Crippen LogP contribution in [0.4, 0.5) is 13.2 Å². The second kappa shape index (κ2) is 5.90. The highest BCUT2D eigenvalue weighted by atomic mass is 19.4. The Hall–Kier alpha value is -0.690. The van der Waals surface area contributed by atoms with Gasteiger partial charge in [-0.1, -0.05) is 5.92 Å². The first-order valence-electron chi connectivity index (χ1n) is 3.50. The lowest BCUT2D eigenvalue weighted by Crippen LogP contribution is -2.01. The van der Waals surface area contributed by atoms with Crippen molar-refractivity contribution in [1.82, 2.24) is 0 Å². The van der Waals surface area contributed by atoms with Gasteiger partial charge >= 0.3 is 6.18 Å². The molecule has 0 aromatic rings. The van der Waals surface area contributed by atoms with Gasteiger partial charge < -0.3 is 4.74 Å². The van der Waals surface area contributed by atoms with Gasteiger partial charge in [0, 0.05) is 25.6 Å². The minimum atomic E-state index is -4.37. The molecule has 0 atom stereocenters. The molecule has 0 aliphatic heterocycles. The fourth-order valence-corrected chi connectivity index (χ4v) is 0.527. The maximum Gasteiger partial charge on any atom is 0.457 e. The quantitative estimate of drug-likeness (QED) is 0.474. The molecule has 0 aliphatic rings. The van der Waals surface area contributed by atoms with Crippen molar-refractivity contribution in [3.8, 4) is 11.8 Å². The smallest absolute Gasteiger partial charge is 0.381 e. The molecule has 0 bridgehead atoms. The third kappa shape index (κ3) is 9.31. The van der Waals surface area contributed by atoms with Crippen LogP contribution < -0.4 is 0 Å². The van der Waals surface area contributed by atoms with Crippen LogP contribution in [0.1, 0.15) is 12.8 Å². The summed E-state index contributed by atoms with van der Waals surface area (Å²) in [7, 11) is 0. The zero-order valence-corrected chi connectivity index (χ0v) is 6.58. The van der Waals surface area contributed by atoms with Gasteiger partial charge in [0.15, 0.2) is 0 Å². The van der Waals surface area contributed by atoms with Crippen LogP contribution in [0, 0.1) is 18.8 Å². The van der Waals surface area contributed by atoms with Crippen molar-refractivity contribution in [2.24, 2.45) is 0 Å². The van der Waals surface area contributed by atoms with Gasteiger partial charge in [-0.05, 0) is 13.3 Å². The molecule has 0 rings (SSSR count). The molecule has 69 valence electrons. The van der Waals surface area contributed by atoms with E-state index in [9.17, 15) is 13.2 Å². The molecule has 0 saturated carbocycles. The Labute approximate surface area is 69.9 Å². The average molecular weight is 179 g/mol. The lowest BCUT2D eigenvalue weighted by atomic mass is 10.3. The topological polar surface area (TPSA) is 9.23 Å². The fourth-order valence-electron chi connectivity index (χ4n) is 0.527. The molecule has 12 heavy (non-hydrogen) atoms. The SMILES string of the molecule is [CH2]COCCCC#CC(F)(F)F. The summed E-state index contributed by atoms with van der Waals surface area (Å²) < 4.78 is 39.1. The van der Waals surface area contributed by atoms with Gasteiger partial charge in [0.2, 0.25) is 0 Å². The largest absolute Gasteiger partial charge is 0.457 e. The summed E-state index contributed by atoms with van der Waals surface area (Å²) in [6.07, 6.45) is -3.65. The van der Waals surface area contributed by atoms with Crippen molar-refractivity contribution in [2.75, 3.05) is 13.2 Å². The molecule has 0 amide bonds. The van der Waals surface area contributed by atoms with Crippen molar-refractivity contribution in [3.05, 3.63) is 6.92 Å². The minimum absolute atomic E-state index is 0.208. The van der Waals surface area contributed by atoms with E-state index in [0.29, 0.717) is 19.6 Å². The molecule has 0 saturated heterocycles. The Morgan fingerprint density at radius 3 is 2.50 bits per heavy atom. The van der Waals surface area contributed by atoms with E-state index in [1.54, 1.807) is 0 Å². The highest BCUT2D eigenvalue weighted by Gasteiger charge is 2.22. The van der Waals surface area contributed by atoms with E-state index in [1.165, 1.54) is 5.92 Å². The summed E-state index contributed by atoms with van der Waals surface area (Å²) in [5.41, 5.74) is 0. The lowest BCUT2D eigenvalue weighted by molar-refractivity contribution is -0.0697. The first kappa shape index (κ1) is 11.3. The van der Waals surface area contributed by atoms with Crippen LogP contribution in [-0.4, -0.2) is 19.4 Å². The van der Waals surface area contributed by atoms with E-state index in [-0.39, 0.29) is 6.42 Å². The van der Waals surface area contributed by atoms with Gasteiger partial charge in [-0.25, -0.2) is 0 Å². The van der Waals surface area contributed by atoms with Crippen LogP contribution in [0.15, 0.2) is 0 Å². The van der Waals surface area contributed by atoms with E-state index in [2.05, 4.69) is 6.92 Å². The van der Waals surface area contributed by atoms with Crippen LogP contribution in [0.5, 0.6) is 0 Å². The molecular weight excluding hydrogens is 169 g/mol. The van der Waals surface area contributed by atoms with E-state index >= 15 is 0 Å². The van der Waals surface area contributed by atoms with Crippen LogP contribution >= 0.6 is 0 Å². The first-order valence-corrected chi connectivity index (χ1v) is 3.50. The molecule has 1 nitrogen and oxygen atoms in total. The van der Waals surface area contributed by atoms with E-state index < -0.39 is 6.18 Å². The van der Waals surface area contributed by atoms with Crippen molar-refractivity contribution in [3.63, 3.8) is 0 Å². The molecule has 0 N–H and O–H groups in total. The molecule has 0 spiro atoms. The highest BCUT2D eigenvalue weighted by molar-refractivity contribution is 5.04. The number of alkyl halides is 3. The molecule has 0 aromatic carbocycles. The predicted octanol–water partition coefficient (Wildman–Crippen LogP) is 2.18. The minimum Gasteiger partial charge on any atom is -0.381 e. The van der Waals surface area contributed by atoms with Gasteiger partial charge in [0.1, 0.15) is 0 Å². The normalized spacial score (nSPS) is 10.7. The van der Waals surface area contributed by atoms with E-state index in [0.717, 1.165) is 0 Å². The number of hydrogen-bond acceptors (Lipinski definition) is 1. The van der Waals surface area contributed by atoms with Gasteiger partial charge in [0.05, 0.1) is 0 Å². The second-order valence-electron chi connectivity index (χ2n) is 2.02. The van der Waals surface area contributed by atoms with Crippen LogP contribution in [0.3, 0.4) is 0 Å². The van der Waals surface area contributed by atoms with Crippen molar-refractivity contribution in [2.45, 2.75) is 19.0 Å². The second-order valence-corrected chi connectivity index (χ2v) is 2.02. The maximum atomic E-state index is 11.4. The van der Waals surface area contributed by atoms with Crippen molar-refractivity contribution >= 4 is 0 Å². The van der Waals surface area contributed by atoms with E-state index in [4.69, 9.17) is 4.74 Å². The molecule has 0 aromatic heterocycles. The van der Waals surface area contributed by atoms with Gasteiger partial charge in [-0.2, -0.15) is 13.2 Å². The molecule has 0 heterocycles. The van der Waals surface area contributed by atoms with Gasteiger partial charge in [-0.3, -0.25) is 0 Å². The van der Waals surface area contributed by atoms with Crippen LogP contribution in [0.25, 0.3) is 0 Å². The molecular formula is C8H10F3O. The zero-order valence-electron chi connectivity index (χ0n) is 6.58. The first-order chi connectivity index (χ1) is 5.56. The summed E-state index contributed by atoms with van der Waals surface area (Å²) in [6.45, 7) is 4.16. The number of halogens is 3. The Balaban J connectivity index is 3.34. The monoisotopic (exact) mass is 179 g/mol. The maximum absolute atomic E-state index is 11.4. The summed E-state index contributed by atoms with van der Waals surface area (Å²) in [6, 6.07) is 0. The molecule has 1 radical (unpaired) electrons. The van der Waals surface area contributed by atoms with E-state index in [1.807, 2.05) is 5.92 Å². The molecule has 4 heteroatoms. The van der Waals surface area contributed by atoms with Gasteiger partial charge in [-0.15, -0.1) is 0 Å². The summed E-state index contributed by atoms with van der Waals surface area (Å²) in [5, 5.41) is 0. The van der Waals surface area contributed by atoms with Crippen LogP contribution in [-0.2, 0) is 4.74 Å². The summed E-state index contributed by atoms with van der Waals surface area (Å²) >= 11 is 0. The Morgan fingerprint density at radius 1 is 1.33 bits per heavy atom. The number of ether oxygens (including phenoxy) is 1. The molecule has 0 fully saturated rings. The fraction of sp³-hybridized carbons (Fsp3) is 0.625. The molecule has 0 unspecified atom stereocenters. The Kier molecular flexibility index (Phi) is 5.56. The third-order valence-corrected chi connectivity index (χ3v) is 0.965. The predicted molar refractivity (Wildman–Crippen MR) is 39.2 cm³/mol. The number of unbranched alkanes of at least 4 members (excludes halogenated alkanes) is 1. The Morgan fingerprint density at radius 2 is 2.00 bits per heavy atom. The molecule has 0 aliphatic carbocycles. The Bertz CT molecular complexity index is 163. The zero-order chi connectivity index (χ0) is 9.45. The third-order valence-electron chi connectivity index (χ3n) is 0.965. The summed E-state index contributed by atoms with van der Waals surface area (Å²) in [4.78, 5) is 0. The number of rotatable bonds is 4. The standard InChI is InChI=1S/C8H10F3O/c1-2-12-7-5-3-4-6-8(9,10)11/h1-3,5,7H2. The van der Waals surface area contributed by atoms with Crippen LogP contribution in [0.2, 0.25) is 0 Å². The number of hydrogen-bond donors (Lipinski definition) is 0. The van der Waals surface area contributed by atoms with Gasteiger partial charge in [0.25, 0.3) is 0 Å². The average Bonchev–Trinajstić information content (AvgIpc) is 1.94. The summed E-state index contributed by atoms with van der Waals surface area (Å²) in [5.74, 6) is 3.19.